The van der Waals surface area contributed by atoms with E-state index in [-0.39, 0.29) is 11.6 Å². The molecule has 1 amide bonds. The maximum Gasteiger partial charge on any atom is 0.243 e. The molecule has 0 radical (unpaired) electrons. The molecular formula is C15H23ClN2O4S. The van der Waals surface area contributed by atoms with Crippen LogP contribution in [-0.4, -0.2) is 40.3 Å². The second-order valence-electron chi connectivity index (χ2n) is 5.20. The summed E-state index contributed by atoms with van der Waals surface area (Å²) in [6, 6.07) is 3.71. The number of anilines is 1. The van der Waals surface area contributed by atoms with Crippen LogP contribution in [0.5, 0.6) is 5.75 Å². The predicted molar refractivity (Wildman–Crippen MR) is 92.7 cm³/mol. The molecule has 0 aliphatic carbocycles. The molecule has 0 unspecified atom stereocenters. The lowest BCUT2D eigenvalue weighted by atomic mass is 10.2. The summed E-state index contributed by atoms with van der Waals surface area (Å²) in [5.74, 6) is -0.0427. The van der Waals surface area contributed by atoms with Crippen molar-refractivity contribution in [2.45, 2.75) is 32.7 Å². The van der Waals surface area contributed by atoms with E-state index in [0.29, 0.717) is 17.3 Å². The number of hydrogen-bond acceptors (Lipinski definition) is 4. The van der Waals surface area contributed by atoms with Gasteiger partial charge >= 0.3 is 0 Å². The molecular weight excluding hydrogens is 340 g/mol. The summed E-state index contributed by atoms with van der Waals surface area (Å²) in [6.45, 7) is 4.04. The van der Waals surface area contributed by atoms with Crippen LogP contribution in [0.1, 0.15) is 26.7 Å². The Balaban J connectivity index is 3.21. The average molecular weight is 363 g/mol. The number of amides is 1. The van der Waals surface area contributed by atoms with E-state index in [2.05, 4.69) is 5.32 Å². The van der Waals surface area contributed by atoms with Gasteiger partial charge in [-0.25, -0.2) is 8.42 Å². The van der Waals surface area contributed by atoms with E-state index in [1.165, 1.54) is 20.1 Å². The molecule has 0 heterocycles. The molecule has 1 N–H and O–H groups in total. The van der Waals surface area contributed by atoms with Crippen molar-refractivity contribution < 1.29 is 17.9 Å². The van der Waals surface area contributed by atoms with Crippen molar-refractivity contribution in [1.29, 1.82) is 0 Å². The van der Waals surface area contributed by atoms with Gasteiger partial charge in [0.1, 0.15) is 11.8 Å². The first-order valence-corrected chi connectivity index (χ1v) is 9.55. The van der Waals surface area contributed by atoms with Crippen LogP contribution in [0.3, 0.4) is 0 Å². The number of benzene rings is 1. The molecule has 0 aliphatic heterocycles. The third-order valence-electron chi connectivity index (χ3n) is 3.30. The number of sulfonamides is 1. The minimum absolute atomic E-state index is 0.237. The molecule has 0 bridgehead atoms. The number of ether oxygens (including phenoxy) is 1. The Morgan fingerprint density at radius 3 is 2.61 bits per heavy atom. The van der Waals surface area contributed by atoms with Gasteiger partial charge in [0.05, 0.1) is 19.1 Å². The number of halogens is 1. The fraction of sp³-hybridized carbons (Fsp3) is 0.533. The minimum atomic E-state index is -3.71. The van der Waals surface area contributed by atoms with Gasteiger partial charge in [0.25, 0.3) is 0 Å². The van der Waals surface area contributed by atoms with Crippen molar-refractivity contribution >= 4 is 33.2 Å². The molecule has 23 heavy (non-hydrogen) atoms. The van der Waals surface area contributed by atoms with Gasteiger partial charge in [-0.3, -0.25) is 9.10 Å². The highest BCUT2D eigenvalue weighted by molar-refractivity contribution is 7.92. The maximum absolute atomic E-state index is 12.3. The van der Waals surface area contributed by atoms with Crippen LogP contribution in [0.4, 0.5) is 5.69 Å². The molecule has 0 aromatic heterocycles. The molecule has 0 spiro atoms. The van der Waals surface area contributed by atoms with E-state index in [9.17, 15) is 13.2 Å². The van der Waals surface area contributed by atoms with Crippen LogP contribution in [0.2, 0.25) is 5.02 Å². The van der Waals surface area contributed by atoms with Crippen molar-refractivity contribution in [1.82, 2.24) is 5.32 Å². The Hall–Kier alpha value is -1.47. The van der Waals surface area contributed by atoms with Crippen LogP contribution in [0.25, 0.3) is 0 Å². The number of nitrogens with one attached hydrogen (secondary N) is 1. The zero-order valence-corrected chi connectivity index (χ0v) is 15.4. The Bertz CT molecular complexity index is 649. The van der Waals surface area contributed by atoms with E-state index in [1.54, 1.807) is 12.1 Å². The Morgan fingerprint density at radius 1 is 1.43 bits per heavy atom. The number of carbonyl (C=O) groups excluding carboxylic acids is 1. The molecule has 0 aliphatic rings. The van der Waals surface area contributed by atoms with Gasteiger partial charge in [0.2, 0.25) is 15.9 Å². The predicted octanol–water partition coefficient (Wildman–Crippen LogP) is 2.42. The summed E-state index contributed by atoms with van der Waals surface area (Å²) in [7, 11) is -2.28. The number of carbonyl (C=O) groups is 1. The highest BCUT2D eigenvalue weighted by Crippen LogP contribution is 2.34. The van der Waals surface area contributed by atoms with E-state index in [1.807, 2.05) is 6.92 Å². The van der Waals surface area contributed by atoms with E-state index >= 15 is 0 Å². The van der Waals surface area contributed by atoms with Crippen molar-refractivity contribution in [2.75, 3.05) is 24.2 Å². The van der Waals surface area contributed by atoms with Crippen molar-refractivity contribution in [3.63, 3.8) is 0 Å². The summed E-state index contributed by atoms with van der Waals surface area (Å²) in [5.41, 5.74) is 0.237. The Morgan fingerprint density at radius 2 is 2.09 bits per heavy atom. The lowest BCUT2D eigenvalue weighted by Gasteiger charge is -2.29. The summed E-state index contributed by atoms with van der Waals surface area (Å²) >= 11 is 5.98. The summed E-state index contributed by atoms with van der Waals surface area (Å²) in [5, 5.41) is 3.09. The first-order valence-electron chi connectivity index (χ1n) is 7.33. The SMILES string of the molecule is CCCCNC(=O)[C@H](C)N(c1cc(Cl)ccc1OC)S(C)(=O)=O. The molecule has 1 atom stereocenters. The fourth-order valence-corrected chi connectivity index (χ4v) is 3.49. The first kappa shape index (κ1) is 19.6. The van der Waals surface area contributed by atoms with E-state index in [0.717, 1.165) is 23.4 Å². The van der Waals surface area contributed by atoms with Gasteiger partial charge in [0, 0.05) is 11.6 Å². The zero-order chi connectivity index (χ0) is 17.6. The summed E-state index contributed by atoms with van der Waals surface area (Å²) in [6.07, 6.45) is 2.81. The van der Waals surface area contributed by atoms with Crippen molar-refractivity contribution in [3.05, 3.63) is 23.2 Å². The quantitative estimate of drug-likeness (QED) is 0.720. The van der Waals surface area contributed by atoms with Gasteiger partial charge in [-0.05, 0) is 31.5 Å². The summed E-state index contributed by atoms with van der Waals surface area (Å²) < 4.78 is 30.7. The Labute approximate surface area is 142 Å². The van der Waals surface area contributed by atoms with Gasteiger partial charge in [0.15, 0.2) is 0 Å². The zero-order valence-electron chi connectivity index (χ0n) is 13.8. The lowest BCUT2D eigenvalue weighted by Crippen LogP contribution is -2.48. The van der Waals surface area contributed by atoms with Crippen LogP contribution in [-0.2, 0) is 14.8 Å². The highest BCUT2D eigenvalue weighted by Gasteiger charge is 2.31. The van der Waals surface area contributed by atoms with E-state index < -0.39 is 16.1 Å². The van der Waals surface area contributed by atoms with Crippen LogP contribution in [0, 0.1) is 0 Å². The summed E-state index contributed by atoms with van der Waals surface area (Å²) in [4.78, 5) is 12.3. The number of rotatable bonds is 8. The number of hydrogen-bond donors (Lipinski definition) is 1. The largest absolute Gasteiger partial charge is 0.495 e. The second kappa shape index (κ2) is 8.40. The fourth-order valence-electron chi connectivity index (χ4n) is 2.15. The molecule has 1 aromatic rings. The van der Waals surface area contributed by atoms with Crippen LogP contribution < -0.4 is 14.4 Å². The highest BCUT2D eigenvalue weighted by atomic mass is 35.5. The van der Waals surface area contributed by atoms with Gasteiger partial charge in [-0.2, -0.15) is 0 Å². The van der Waals surface area contributed by atoms with Crippen molar-refractivity contribution in [3.8, 4) is 5.75 Å². The monoisotopic (exact) mass is 362 g/mol. The van der Waals surface area contributed by atoms with Crippen LogP contribution in [0.15, 0.2) is 18.2 Å². The molecule has 6 nitrogen and oxygen atoms in total. The Kier molecular flexibility index (Phi) is 7.15. The van der Waals surface area contributed by atoms with Crippen LogP contribution >= 0.6 is 11.6 Å². The molecule has 1 rings (SSSR count). The average Bonchev–Trinajstić information content (AvgIpc) is 2.46. The lowest BCUT2D eigenvalue weighted by molar-refractivity contribution is -0.121. The molecule has 1 aromatic carbocycles. The molecule has 0 saturated heterocycles. The van der Waals surface area contributed by atoms with Crippen molar-refractivity contribution in [2.24, 2.45) is 0 Å². The number of nitrogens with zero attached hydrogens (tertiary/aromatic N) is 1. The first-order chi connectivity index (χ1) is 10.7. The maximum atomic E-state index is 12.3. The molecule has 0 fully saturated rings. The van der Waals surface area contributed by atoms with Gasteiger partial charge < -0.3 is 10.1 Å². The van der Waals surface area contributed by atoms with E-state index in [4.69, 9.17) is 16.3 Å². The van der Waals surface area contributed by atoms with Gasteiger partial charge in [-0.15, -0.1) is 0 Å². The third kappa shape index (κ3) is 5.28. The van der Waals surface area contributed by atoms with Gasteiger partial charge in [-0.1, -0.05) is 24.9 Å². The molecule has 8 heteroatoms. The minimum Gasteiger partial charge on any atom is -0.495 e. The molecule has 0 saturated carbocycles. The smallest absolute Gasteiger partial charge is 0.243 e. The normalized spacial score (nSPS) is 12.6. The standard InChI is InChI=1S/C15H23ClN2O4S/c1-5-6-9-17-15(19)11(2)18(23(4,20)21)13-10-12(16)7-8-14(13)22-3/h7-8,10-11H,5-6,9H2,1-4H3,(H,17,19)/t11-/m0/s1. The molecule has 130 valence electrons. The number of methoxy groups -OCH3 is 1. The number of unbranched alkanes of at least 4 members (excludes halogenated alkanes) is 1. The third-order valence-corrected chi connectivity index (χ3v) is 4.76. The topological polar surface area (TPSA) is 75.7 Å². The second-order valence-corrected chi connectivity index (χ2v) is 7.49.